The maximum atomic E-state index is 12.5. The lowest BCUT2D eigenvalue weighted by atomic mass is 10.1. The normalized spacial score (nSPS) is 12.0. The molecule has 1 N–H and O–H groups in total. The molecule has 1 amide bonds. The molecule has 1 unspecified atom stereocenters. The van der Waals surface area contributed by atoms with Crippen LogP contribution in [-0.4, -0.2) is 32.7 Å². The standard InChI is InChI=1S/C28H28N4O3S/c1-18-10-12-22(13-11-18)16-32-20(3)24(19(2)31-32)14-15-26(33)35-21(4)27(34)30-28-29-25(17-36-28)23-8-6-5-7-9-23/h5-15,17,21H,16H2,1-4H3,(H,29,30,34). The van der Waals surface area contributed by atoms with Gasteiger partial charge in [0.15, 0.2) is 11.2 Å². The van der Waals surface area contributed by atoms with Gasteiger partial charge in [0, 0.05) is 28.3 Å². The van der Waals surface area contributed by atoms with Gasteiger partial charge in [-0.3, -0.25) is 14.8 Å². The Morgan fingerprint density at radius 2 is 1.81 bits per heavy atom. The van der Waals surface area contributed by atoms with E-state index in [0.717, 1.165) is 33.8 Å². The molecule has 0 saturated carbocycles. The summed E-state index contributed by atoms with van der Waals surface area (Å²) in [7, 11) is 0. The Morgan fingerprint density at radius 1 is 1.08 bits per heavy atom. The van der Waals surface area contributed by atoms with Gasteiger partial charge in [-0.15, -0.1) is 11.3 Å². The van der Waals surface area contributed by atoms with Crippen LogP contribution >= 0.6 is 11.3 Å². The third-order valence-electron chi connectivity index (χ3n) is 5.74. The third-order valence-corrected chi connectivity index (χ3v) is 6.50. The zero-order valence-electron chi connectivity index (χ0n) is 20.7. The number of thiazole rings is 1. The largest absolute Gasteiger partial charge is 0.449 e. The number of carbonyl (C=O) groups is 2. The first kappa shape index (κ1) is 25.1. The molecule has 0 spiro atoms. The fraction of sp³-hybridized carbons (Fsp3) is 0.214. The average Bonchev–Trinajstić information content (AvgIpc) is 3.43. The third kappa shape index (κ3) is 6.14. The number of benzene rings is 2. The van der Waals surface area contributed by atoms with E-state index >= 15 is 0 Å². The van der Waals surface area contributed by atoms with Crippen LogP contribution in [0.2, 0.25) is 0 Å². The molecule has 8 heteroatoms. The fourth-order valence-corrected chi connectivity index (χ4v) is 4.39. The molecular weight excluding hydrogens is 472 g/mol. The van der Waals surface area contributed by atoms with Crippen LogP contribution in [0, 0.1) is 20.8 Å². The minimum atomic E-state index is -0.974. The minimum Gasteiger partial charge on any atom is -0.449 e. The fourth-order valence-electron chi connectivity index (χ4n) is 3.67. The zero-order valence-corrected chi connectivity index (χ0v) is 21.5. The number of aromatic nitrogens is 3. The van der Waals surface area contributed by atoms with Gasteiger partial charge in [-0.25, -0.2) is 9.78 Å². The van der Waals surface area contributed by atoms with E-state index in [1.807, 2.05) is 54.2 Å². The molecule has 2 aromatic carbocycles. The lowest BCUT2D eigenvalue weighted by Gasteiger charge is -2.10. The minimum absolute atomic E-state index is 0.441. The van der Waals surface area contributed by atoms with E-state index < -0.39 is 18.0 Å². The highest BCUT2D eigenvalue weighted by atomic mass is 32.1. The van der Waals surface area contributed by atoms with E-state index in [0.29, 0.717) is 11.7 Å². The van der Waals surface area contributed by atoms with Crippen LogP contribution in [0.25, 0.3) is 17.3 Å². The van der Waals surface area contributed by atoms with Gasteiger partial charge in [0.05, 0.1) is 17.9 Å². The summed E-state index contributed by atoms with van der Waals surface area (Å²) in [4.78, 5) is 29.3. The van der Waals surface area contributed by atoms with Gasteiger partial charge in [0.1, 0.15) is 0 Å². The number of carbonyl (C=O) groups excluding carboxylic acids is 2. The molecule has 4 rings (SSSR count). The van der Waals surface area contributed by atoms with Gasteiger partial charge in [-0.1, -0.05) is 60.2 Å². The Hall–Kier alpha value is -4.04. The average molecular weight is 501 g/mol. The summed E-state index contributed by atoms with van der Waals surface area (Å²) in [5, 5.41) is 9.64. The van der Waals surface area contributed by atoms with Crippen LogP contribution in [0.3, 0.4) is 0 Å². The highest BCUT2D eigenvalue weighted by Crippen LogP contribution is 2.24. The summed E-state index contributed by atoms with van der Waals surface area (Å²) in [5.74, 6) is -1.05. The maximum absolute atomic E-state index is 12.5. The molecule has 0 aliphatic rings. The van der Waals surface area contributed by atoms with Crippen molar-refractivity contribution in [2.75, 3.05) is 5.32 Å². The second-order valence-electron chi connectivity index (χ2n) is 8.53. The highest BCUT2D eigenvalue weighted by Gasteiger charge is 2.19. The zero-order chi connectivity index (χ0) is 25.7. The number of nitrogens with zero attached hydrogens (tertiary/aromatic N) is 3. The molecule has 2 heterocycles. The van der Waals surface area contributed by atoms with Crippen molar-refractivity contribution < 1.29 is 14.3 Å². The number of aryl methyl sites for hydroxylation is 2. The van der Waals surface area contributed by atoms with Crippen LogP contribution in [-0.2, 0) is 20.9 Å². The second kappa shape index (κ2) is 11.1. The van der Waals surface area contributed by atoms with Gasteiger partial charge in [-0.2, -0.15) is 5.10 Å². The van der Waals surface area contributed by atoms with Crippen molar-refractivity contribution in [2.24, 2.45) is 0 Å². The molecule has 2 aromatic heterocycles. The lowest BCUT2D eigenvalue weighted by Crippen LogP contribution is -2.29. The number of hydrogen-bond acceptors (Lipinski definition) is 6. The quantitative estimate of drug-likeness (QED) is 0.253. The predicted molar refractivity (Wildman–Crippen MR) is 143 cm³/mol. The summed E-state index contributed by atoms with van der Waals surface area (Å²) in [6.45, 7) is 8.10. The predicted octanol–water partition coefficient (Wildman–Crippen LogP) is 5.56. The molecule has 0 fully saturated rings. The van der Waals surface area contributed by atoms with Crippen molar-refractivity contribution in [3.05, 3.63) is 94.1 Å². The summed E-state index contributed by atoms with van der Waals surface area (Å²) in [6, 6.07) is 18.0. The summed E-state index contributed by atoms with van der Waals surface area (Å²) in [5.41, 5.74) is 6.71. The van der Waals surface area contributed by atoms with Crippen LogP contribution in [0.1, 0.15) is 35.0 Å². The molecule has 36 heavy (non-hydrogen) atoms. The number of anilines is 1. The first-order valence-corrected chi connectivity index (χ1v) is 12.5. The monoisotopic (exact) mass is 500 g/mol. The topological polar surface area (TPSA) is 86.1 Å². The van der Waals surface area contributed by atoms with Crippen LogP contribution < -0.4 is 5.32 Å². The molecule has 0 aliphatic carbocycles. The number of amides is 1. The van der Waals surface area contributed by atoms with E-state index in [1.165, 1.54) is 29.9 Å². The number of esters is 1. The van der Waals surface area contributed by atoms with Gasteiger partial charge in [0.2, 0.25) is 0 Å². The van der Waals surface area contributed by atoms with Crippen molar-refractivity contribution in [1.29, 1.82) is 0 Å². The van der Waals surface area contributed by atoms with Crippen molar-refractivity contribution in [3.8, 4) is 11.3 Å². The van der Waals surface area contributed by atoms with Gasteiger partial charge < -0.3 is 4.74 Å². The van der Waals surface area contributed by atoms with Gasteiger partial charge in [-0.05, 0) is 39.3 Å². The van der Waals surface area contributed by atoms with E-state index in [1.54, 1.807) is 6.08 Å². The Balaban J connectivity index is 1.34. The van der Waals surface area contributed by atoms with Crippen molar-refractivity contribution >= 4 is 34.4 Å². The molecule has 7 nitrogen and oxygen atoms in total. The number of nitrogens with one attached hydrogen (secondary N) is 1. The first-order valence-electron chi connectivity index (χ1n) is 11.6. The molecule has 0 aliphatic heterocycles. The maximum Gasteiger partial charge on any atom is 0.331 e. The van der Waals surface area contributed by atoms with E-state index in [2.05, 4.69) is 46.6 Å². The Morgan fingerprint density at radius 3 is 2.53 bits per heavy atom. The van der Waals surface area contributed by atoms with Crippen molar-refractivity contribution in [2.45, 2.75) is 40.3 Å². The summed E-state index contributed by atoms with van der Waals surface area (Å²) in [6.07, 6.45) is 2.04. The van der Waals surface area contributed by atoms with Gasteiger partial charge >= 0.3 is 5.97 Å². The Kier molecular flexibility index (Phi) is 7.75. The van der Waals surface area contributed by atoms with Crippen LogP contribution in [0.5, 0.6) is 0 Å². The molecule has 0 radical (unpaired) electrons. The molecule has 1 atom stereocenters. The number of ether oxygens (including phenoxy) is 1. The smallest absolute Gasteiger partial charge is 0.331 e. The molecule has 184 valence electrons. The first-order chi connectivity index (χ1) is 17.3. The Bertz CT molecular complexity index is 1390. The molecular formula is C28H28N4O3S. The van der Waals surface area contributed by atoms with Crippen LogP contribution in [0.15, 0.2) is 66.1 Å². The van der Waals surface area contributed by atoms with Crippen molar-refractivity contribution in [3.63, 3.8) is 0 Å². The number of rotatable bonds is 8. The molecule has 4 aromatic rings. The SMILES string of the molecule is Cc1ccc(Cn2nc(C)c(C=CC(=O)OC(C)C(=O)Nc3nc(-c4ccccc4)cs3)c2C)cc1. The van der Waals surface area contributed by atoms with Crippen LogP contribution in [0.4, 0.5) is 5.13 Å². The van der Waals surface area contributed by atoms with E-state index in [-0.39, 0.29) is 0 Å². The highest BCUT2D eigenvalue weighted by molar-refractivity contribution is 7.14. The second-order valence-corrected chi connectivity index (χ2v) is 9.39. The van der Waals surface area contributed by atoms with E-state index in [9.17, 15) is 9.59 Å². The Labute approximate surface area is 214 Å². The lowest BCUT2D eigenvalue weighted by molar-refractivity contribution is -0.148. The number of hydrogen-bond donors (Lipinski definition) is 1. The van der Waals surface area contributed by atoms with E-state index in [4.69, 9.17) is 4.74 Å². The van der Waals surface area contributed by atoms with Crippen molar-refractivity contribution in [1.82, 2.24) is 14.8 Å². The molecule has 0 bridgehead atoms. The molecule has 0 saturated heterocycles. The summed E-state index contributed by atoms with van der Waals surface area (Å²) < 4.78 is 7.22. The summed E-state index contributed by atoms with van der Waals surface area (Å²) >= 11 is 1.32. The van der Waals surface area contributed by atoms with Gasteiger partial charge in [0.25, 0.3) is 5.91 Å².